The third-order valence-electron chi connectivity index (χ3n) is 5.89. The Hall–Kier alpha value is -0.610. The van der Waals surface area contributed by atoms with Gasteiger partial charge in [-0.1, -0.05) is 13.3 Å². The van der Waals surface area contributed by atoms with E-state index in [4.69, 9.17) is 4.74 Å². The highest BCUT2D eigenvalue weighted by molar-refractivity contribution is 5.83. The predicted molar refractivity (Wildman–Crippen MR) is 83.0 cm³/mol. The van der Waals surface area contributed by atoms with E-state index in [9.17, 15) is 9.90 Å². The first-order chi connectivity index (χ1) is 10.1. The first-order valence-electron chi connectivity index (χ1n) is 8.59. The zero-order valence-electron chi connectivity index (χ0n) is 13.7. The molecule has 0 unspecified atom stereocenters. The van der Waals surface area contributed by atoms with E-state index in [0.29, 0.717) is 12.5 Å². The van der Waals surface area contributed by atoms with Crippen molar-refractivity contribution in [2.75, 3.05) is 32.9 Å². The molecular formula is C17H31NO3. The lowest BCUT2D eigenvalue weighted by molar-refractivity contribution is -0.152. The number of rotatable bonds is 7. The van der Waals surface area contributed by atoms with E-state index in [1.807, 2.05) is 6.92 Å². The summed E-state index contributed by atoms with van der Waals surface area (Å²) in [6.45, 7) is 7.44. The molecule has 0 bridgehead atoms. The van der Waals surface area contributed by atoms with Gasteiger partial charge in [0, 0.05) is 32.9 Å². The lowest BCUT2D eigenvalue weighted by Crippen LogP contribution is -2.52. The lowest BCUT2D eigenvalue weighted by atomic mass is 9.65. The minimum Gasteiger partial charge on any atom is -0.396 e. The molecule has 2 aliphatic rings. The first kappa shape index (κ1) is 16.8. The fourth-order valence-corrected chi connectivity index (χ4v) is 3.73. The van der Waals surface area contributed by atoms with Gasteiger partial charge in [0.1, 0.15) is 0 Å². The third kappa shape index (κ3) is 3.42. The highest BCUT2D eigenvalue weighted by Crippen LogP contribution is 2.46. The number of ether oxygens (including phenoxy) is 1. The number of aliphatic hydroxyl groups excluding tert-OH is 1. The molecule has 1 amide bonds. The molecule has 0 spiro atoms. The van der Waals surface area contributed by atoms with E-state index < -0.39 is 0 Å². The van der Waals surface area contributed by atoms with Gasteiger partial charge in [0.2, 0.25) is 5.91 Å². The molecule has 0 atom stereocenters. The molecule has 1 aliphatic heterocycles. The second-order valence-electron chi connectivity index (χ2n) is 6.88. The lowest BCUT2D eigenvalue weighted by Gasteiger charge is -2.47. The maximum Gasteiger partial charge on any atom is 0.228 e. The Morgan fingerprint density at radius 3 is 2.29 bits per heavy atom. The Balaban J connectivity index is 1.91. The largest absolute Gasteiger partial charge is 0.396 e. The van der Waals surface area contributed by atoms with Gasteiger partial charge in [0.25, 0.3) is 0 Å². The zero-order valence-corrected chi connectivity index (χ0v) is 13.7. The third-order valence-corrected chi connectivity index (χ3v) is 5.89. The van der Waals surface area contributed by atoms with Gasteiger partial charge in [-0.25, -0.2) is 0 Å². The van der Waals surface area contributed by atoms with E-state index in [1.165, 1.54) is 6.42 Å². The number of hydrogen-bond acceptors (Lipinski definition) is 3. The number of carbonyl (C=O) groups is 1. The van der Waals surface area contributed by atoms with Crippen molar-refractivity contribution in [3.8, 4) is 0 Å². The molecule has 4 nitrogen and oxygen atoms in total. The van der Waals surface area contributed by atoms with Crippen molar-refractivity contribution in [2.45, 2.75) is 58.8 Å². The van der Waals surface area contributed by atoms with Gasteiger partial charge >= 0.3 is 0 Å². The summed E-state index contributed by atoms with van der Waals surface area (Å²) in [6, 6.07) is 0. The van der Waals surface area contributed by atoms with Gasteiger partial charge in [-0.3, -0.25) is 4.79 Å². The van der Waals surface area contributed by atoms with Crippen LogP contribution in [0.3, 0.4) is 0 Å². The second-order valence-corrected chi connectivity index (χ2v) is 6.88. The molecule has 1 saturated carbocycles. The smallest absolute Gasteiger partial charge is 0.228 e. The van der Waals surface area contributed by atoms with Gasteiger partial charge in [-0.15, -0.1) is 0 Å². The van der Waals surface area contributed by atoms with E-state index in [-0.39, 0.29) is 17.4 Å². The first-order valence-corrected chi connectivity index (χ1v) is 8.59. The molecule has 4 heteroatoms. The van der Waals surface area contributed by atoms with E-state index in [1.54, 1.807) is 0 Å². The standard InChI is InChI=1S/C17H31NO3/c1-3-16(14-19)8-11-18(12-9-16)15(20)17(6-5-7-17)10-13-21-4-2/h19H,3-14H2,1-2H3. The van der Waals surface area contributed by atoms with Crippen molar-refractivity contribution in [1.29, 1.82) is 0 Å². The fraction of sp³-hybridized carbons (Fsp3) is 0.941. The SMILES string of the molecule is CCOCCC1(C(=O)N2CCC(CC)(CO)CC2)CCC1. The van der Waals surface area contributed by atoms with Crippen molar-refractivity contribution in [2.24, 2.45) is 10.8 Å². The number of aliphatic hydroxyl groups is 1. The van der Waals surface area contributed by atoms with Crippen LogP contribution in [0.15, 0.2) is 0 Å². The summed E-state index contributed by atoms with van der Waals surface area (Å²) in [4.78, 5) is 14.9. The number of likely N-dealkylation sites (tertiary alicyclic amines) is 1. The molecule has 0 aromatic carbocycles. The molecule has 122 valence electrons. The summed E-state index contributed by atoms with van der Waals surface area (Å²) in [5, 5.41) is 9.61. The average Bonchev–Trinajstić information content (AvgIpc) is 2.49. The van der Waals surface area contributed by atoms with Gasteiger partial charge in [0.05, 0.1) is 5.41 Å². The van der Waals surface area contributed by atoms with Crippen molar-refractivity contribution >= 4 is 5.91 Å². The maximum atomic E-state index is 12.9. The van der Waals surface area contributed by atoms with Crippen molar-refractivity contribution in [3.05, 3.63) is 0 Å². The number of hydrogen-bond donors (Lipinski definition) is 1. The quantitative estimate of drug-likeness (QED) is 0.735. The second kappa shape index (κ2) is 7.10. The molecule has 2 rings (SSSR count). The van der Waals surface area contributed by atoms with Crippen LogP contribution in [-0.2, 0) is 9.53 Å². The molecular weight excluding hydrogens is 266 g/mol. The highest BCUT2D eigenvalue weighted by atomic mass is 16.5. The van der Waals surface area contributed by atoms with Crippen molar-refractivity contribution in [3.63, 3.8) is 0 Å². The number of carbonyl (C=O) groups excluding carboxylic acids is 1. The Bertz CT molecular complexity index is 338. The maximum absolute atomic E-state index is 12.9. The monoisotopic (exact) mass is 297 g/mol. The van der Waals surface area contributed by atoms with E-state index in [0.717, 1.165) is 58.2 Å². The van der Waals surface area contributed by atoms with Crippen LogP contribution in [0.4, 0.5) is 0 Å². The van der Waals surface area contributed by atoms with Crippen molar-refractivity contribution < 1.29 is 14.6 Å². The Morgan fingerprint density at radius 1 is 1.19 bits per heavy atom. The predicted octanol–water partition coefficient (Wildman–Crippen LogP) is 2.59. The molecule has 1 aliphatic carbocycles. The van der Waals surface area contributed by atoms with Crippen LogP contribution in [0.25, 0.3) is 0 Å². The molecule has 0 aromatic rings. The van der Waals surface area contributed by atoms with Crippen LogP contribution in [0.2, 0.25) is 0 Å². The fourth-order valence-electron chi connectivity index (χ4n) is 3.73. The molecule has 1 N–H and O–H groups in total. The van der Waals surface area contributed by atoms with Crippen LogP contribution >= 0.6 is 0 Å². The summed E-state index contributed by atoms with van der Waals surface area (Å²) in [6.07, 6.45) is 6.96. The number of nitrogens with zero attached hydrogens (tertiary/aromatic N) is 1. The number of amides is 1. The molecule has 0 radical (unpaired) electrons. The van der Waals surface area contributed by atoms with Crippen molar-refractivity contribution in [1.82, 2.24) is 4.90 Å². The van der Waals surface area contributed by atoms with Gasteiger partial charge in [-0.05, 0) is 50.9 Å². The van der Waals surface area contributed by atoms with Gasteiger partial charge in [-0.2, -0.15) is 0 Å². The van der Waals surface area contributed by atoms with E-state index in [2.05, 4.69) is 11.8 Å². The molecule has 21 heavy (non-hydrogen) atoms. The summed E-state index contributed by atoms with van der Waals surface area (Å²) in [7, 11) is 0. The zero-order chi connectivity index (χ0) is 15.3. The number of piperidine rings is 1. The summed E-state index contributed by atoms with van der Waals surface area (Å²) in [5.41, 5.74) is -0.0878. The Morgan fingerprint density at radius 2 is 1.86 bits per heavy atom. The van der Waals surface area contributed by atoms with Crippen LogP contribution in [0, 0.1) is 10.8 Å². The summed E-state index contributed by atoms with van der Waals surface area (Å²) < 4.78 is 5.47. The molecule has 1 heterocycles. The molecule has 2 fully saturated rings. The minimum atomic E-state index is -0.138. The van der Waals surface area contributed by atoms with Gasteiger partial charge < -0.3 is 14.7 Å². The van der Waals surface area contributed by atoms with Gasteiger partial charge in [0.15, 0.2) is 0 Å². The summed E-state index contributed by atoms with van der Waals surface area (Å²) >= 11 is 0. The summed E-state index contributed by atoms with van der Waals surface area (Å²) in [5.74, 6) is 0.344. The van der Waals surface area contributed by atoms with Crippen LogP contribution in [-0.4, -0.2) is 48.8 Å². The minimum absolute atomic E-state index is 0.0505. The van der Waals surface area contributed by atoms with Crippen LogP contribution < -0.4 is 0 Å². The topological polar surface area (TPSA) is 49.8 Å². The van der Waals surface area contributed by atoms with Crippen LogP contribution in [0.1, 0.15) is 58.8 Å². The average molecular weight is 297 g/mol. The highest BCUT2D eigenvalue weighted by Gasteiger charge is 2.47. The Kier molecular flexibility index (Phi) is 5.67. The van der Waals surface area contributed by atoms with E-state index >= 15 is 0 Å². The van der Waals surface area contributed by atoms with Crippen LogP contribution in [0.5, 0.6) is 0 Å². The Labute approximate surface area is 128 Å². The molecule has 0 aromatic heterocycles. The normalized spacial score (nSPS) is 23.7. The molecule has 1 saturated heterocycles.